The van der Waals surface area contributed by atoms with E-state index in [1.54, 1.807) is 30.5 Å². The highest BCUT2D eigenvalue weighted by atomic mass is 32.2. The minimum atomic E-state index is -4.34. The van der Waals surface area contributed by atoms with Crippen molar-refractivity contribution in [2.24, 2.45) is 0 Å². The summed E-state index contributed by atoms with van der Waals surface area (Å²) in [5, 5.41) is 9.07. The van der Waals surface area contributed by atoms with E-state index < -0.39 is 11.7 Å². The summed E-state index contributed by atoms with van der Waals surface area (Å²) in [6.45, 7) is 2.07. The number of alkyl halides is 3. The number of nitrogens with zero attached hydrogens (tertiary/aromatic N) is 2. The maximum Gasteiger partial charge on any atom is 0.416 e. The average molecular weight is 430 g/mol. The zero-order valence-corrected chi connectivity index (χ0v) is 16.7. The predicted molar refractivity (Wildman–Crippen MR) is 107 cm³/mol. The molecule has 154 valence electrons. The third kappa shape index (κ3) is 5.91. The molecule has 0 fully saturated rings. The Morgan fingerprint density at radius 1 is 1.03 bits per heavy atom. The van der Waals surface area contributed by atoms with Crippen molar-refractivity contribution < 1.29 is 22.6 Å². The molecule has 3 aromatic rings. The summed E-state index contributed by atoms with van der Waals surface area (Å²) in [4.78, 5) is 5.63. The number of ether oxygens (including phenoxy) is 2. The van der Waals surface area contributed by atoms with Crippen molar-refractivity contribution in [1.82, 2.24) is 4.98 Å². The summed E-state index contributed by atoms with van der Waals surface area (Å²) in [5.74, 6) is 0.892. The zero-order chi connectivity index (χ0) is 21.6. The van der Waals surface area contributed by atoms with E-state index in [-0.39, 0.29) is 18.6 Å². The van der Waals surface area contributed by atoms with Gasteiger partial charge in [-0.05, 0) is 67.6 Å². The maximum absolute atomic E-state index is 12.6. The largest absolute Gasteiger partial charge is 0.490 e. The summed E-state index contributed by atoms with van der Waals surface area (Å²) in [6, 6.07) is 17.6. The molecular formula is C22H17F3N2O2S. The Bertz CT molecular complexity index is 1020. The van der Waals surface area contributed by atoms with Crippen molar-refractivity contribution in [2.45, 2.75) is 29.0 Å². The number of halogens is 3. The fourth-order valence-electron chi connectivity index (χ4n) is 2.46. The molecule has 0 N–H and O–H groups in total. The molecule has 0 bridgehead atoms. The number of pyridine rings is 1. The van der Waals surface area contributed by atoms with Gasteiger partial charge in [0.2, 0.25) is 5.88 Å². The predicted octanol–water partition coefficient (Wildman–Crippen LogP) is 5.97. The SMILES string of the molecule is CC(COc1ccc(Sc2ccc(C(F)(F)F)cc2)cc1)Oc1ncccc1C#N. The van der Waals surface area contributed by atoms with Crippen LogP contribution in [0.5, 0.6) is 11.6 Å². The maximum atomic E-state index is 12.6. The summed E-state index contributed by atoms with van der Waals surface area (Å²) in [7, 11) is 0. The number of aromatic nitrogens is 1. The second-order valence-corrected chi connectivity index (χ2v) is 7.45. The fraction of sp³-hybridized carbons (Fsp3) is 0.182. The Morgan fingerprint density at radius 2 is 1.67 bits per heavy atom. The lowest BCUT2D eigenvalue weighted by atomic mass is 10.2. The Hall–Kier alpha value is -3.18. The van der Waals surface area contributed by atoms with Crippen LogP contribution in [0.15, 0.2) is 76.7 Å². The van der Waals surface area contributed by atoms with Crippen LogP contribution in [0.1, 0.15) is 18.1 Å². The van der Waals surface area contributed by atoms with Gasteiger partial charge in [-0.1, -0.05) is 11.8 Å². The van der Waals surface area contributed by atoms with Crippen molar-refractivity contribution in [3.05, 3.63) is 78.0 Å². The van der Waals surface area contributed by atoms with Gasteiger partial charge in [-0.3, -0.25) is 0 Å². The average Bonchev–Trinajstić information content (AvgIpc) is 2.73. The molecule has 1 atom stereocenters. The smallest absolute Gasteiger partial charge is 0.416 e. The third-order valence-corrected chi connectivity index (χ3v) is 4.95. The van der Waals surface area contributed by atoms with E-state index >= 15 is 0 Å². The molecule has 0 saturated carbocycles. The lowest BCUT2D eigenvalue weighted by molar-refractivity contribution is -0.137. The normalized spacial score (nSPS) is 12.1. The summed E-state index contributed by atoms with van der Waals surface area (Å²) in [5.41, 5.74) is -0.312. The summed E-state index contributed by atoms with van der Waals surface area (Å²) < 4.78 is 49.3. The first kappa shape index (κ1) is 21.5. The molecule has 0 amide bonds. The molecule has 30 heavy (non-hydrogen) atoms. The molecule has 0 saturated heterocycles. The minimum absolute atomic E-state index is 0.257. The zero-order valence-electron chi connectivity index (χ0n) is 15.9. The fourth-order valence-corrected chi connectivity index (χ4v) is 3.28. The van der Waals surface area contributed by atoms with Crippen LogP contribution in [0.4, 0.5) is 13.2 Å². The summed E-state index contributed by atoms with van der Waals surface area (Å²) >= 11 is 1.36. The number of rotatable bonds is 7. The van der Waals surface area contributed by atoms with Crippen molar-refractivity contribution in [1.29, 1.82) is 5.26 Å². The van der Waals surface area contributed by atoms with Crippen LogP contribution in [0.3, 0.4) is 0 Å². The van der Waals surface area contributed by atoms with Gasteiger partial charge in [-0.2, -0.15) is 18.4 Å². The van der Waals surface area contributed by atoms with Gasteiger partial charge in [0.15, 0.2) is 0 Å². The Morgan fingerprint density at radius 3 is 2.27 bits per heavy atom. The van der Waals surface area contributed by atoms with Gasteiger partial charge in [-0.25, -0.2) is 4.98 Å². The molecule has 0 aliphatic carbocycles. The van der Waals surface area contributed by atoms with Gasteiger partial charge in [0.25, 0.3) is 0 Å². The molecule has 8 heteroatoms. The third-order valence-electron chi connectivity index (χ3n) is 3.93. The van der Waals surface area contributed by atoms with Gasteiger partial charge in [0, 0.05) is 16.0 Å². The van der Waals surface area contributed by atoms with Gasteiger partial charge in [0.05, 0.1) is 5.56 Å². The Labute approximate surface area is 176 Å². The van der Waals surface area contributed by atoms with Crippen LogP contribution in [-0.2, 0) is 6.18 Å². The highest BCUT2D eigenvalue weighted by molar-refractivity contribution is 7.99. The molecule has 0 aliphatic rings. The lowest BCUT2D eigenvalue weighted by Gasteiger charge is -2.15. The van der Waals surface area contributed by atoms with Crippen molar-refractivity contribution in [3.8, 4) is 17.7 Å². The quantitative estimate of drug-likeness (QED) is 0.462. The van der Waals surface area contributed by atoms with Gasteiger partial charge >= 0.3 is 6.18 Å². The second-order valence-electron chi connectivity index (χ2n) is 6.30. The molecule has 0 aliphatic heterocycles. The van der Waals surface area contributed by atoms with Crippen molar-refractivity contribution in [3.63, 3.8) is 0 Å². The number of benzene rings is 2. The molecule has 2 aromatic carbocycles. The van der Waals surface area contributed by atoms with Gasteiger partial charge < -0.3 is 9.47 Å². The van der Waals surface area contributed by atoms with Crippen LogP contribution in [0.2, 0.25) is 0 Å². The number of hydrogen-bond donors (Lipinski definition) is 0. The van der Waals surface area contributed by atoms with Crippen LogP contribution < -0.4 is 9.47 Å². The van der Waals surface area contributed by atoms with E-state index in [4.69, 9.17) is 14.7 Å². The number of hydrogen-bond acceptors (Lipinski definition) is 5. The van der Waals surface area contributed by atoms with Gasteiger partial charge in [0.1, 0.15) is 30.1 Å². The topological polar surface area (TPSA) is 55.1 Å². The van der Waals surface area contributed by atoms with Gasteiger partial charge in [-0.15, -0.1) is 0 Å². The van der Waals surface area contributed by atoms with Crippen LogP contribution in [0.25, 0.3) is 0 Å². The minimum Gasteiger partial charge on any atom is -0.490 e. The number of nitriles is 1. The van der Waals surface area contributed by atoms with Crippen LogP contribution in [0, 0.1) is 11.3 Å². The van der Waals surface area contributed by atoms with Crippen molar-refractivity contribution in [2.75, 3.05) is 6.61 Å². The first-order valence-corrected chi connectivity index (χ1v) is 9.76. The highest BCUT2D eigenvalue weighted by Crippen LogP contribution is 2.33. The Balaban J connectivity index is 1.52. The first-order chi connectivity index (χ1) is 14.3. The van der Waals surface area contributed by atoms with Crippen LogP contribution in [-0.4, -0.2) is 17.7 Å². The van der Waals surface area contributed by atoms with E-state index in [0.717, 1.165) is 17.0 Å². The van der Waals surface area contributed by atoms with E-state index in [1.165, 1.54) is 23.9 Å². The lowest BCUT2D eigenvalue weighted by Crippen LogP contribution is -2.22. The summed E-state index contributed by atoms with van der Waals surface area (Å²) in [6.07, 6.45) is -3.11. The standard InChI is InChI=1S/C22H17F3N2O2S/c1-15(29-21-16(13-26)3-2-12-27-21)14-28-18-6-10-20(11-7-18)30-19-8-4-17(5-9-19)22(23,24)25/h2-12,15H,14H2,1H3. The van der Waals surface area contributed by atoms with E-state index in [2.05, 4.69) is 4.98 Å². The van der Waals surface area contributed by atoms with Crippen LogP contribution >= 0.6 is 11.8 Å². The first-order valence-electron chi connectivity index (χ1n) is 8.95. The second kappa shape index (κ2) is 9.55. The van der Waals surface area contributed by atoms with E-state index in [0.29, 0.717) is 16.2 Å². The molecule has 1 heterocycles. The van der Waals surface area contributed by atoms with E-state index in [9.17, 15) is 13.2 Å². The Kier molecular flexibility index (Phi) is 6.85. The molecule has 3 rings (SSSR count). The highest BCUT2D eigenvalue weighted by Gasteiger charge is 2.29. The molecular weight excluding hydrogens is 413 g/mol. The molecule has 1 unspecified atom stereocenters. The monoisotopic (exact) mass is 430 g/mol. The molecule has 4 nitrogen and oxygen atoms in total. The molecule has 0 spiro atoms. The molecule has 1 aromatic heterocycles. The van der Waals surface area contributed by atoms with E-state index in [1.807, 2.05) is 25.1 Å². The van der Waals surface area contributed by atoms with Crippen molar-refractivity contribution >= 4 is 11.8 Å². The molecule has 0 radical (unpaired) electrons.